The molecule has 0 aromatic carbocycles. The number of rotatable bonds is 3. The molecule has 0 spiro atoms. The van der Waals surface area contributed by atoms with Crippen LogP contribution in [-0.4, -0.2) is 30.6 Å². The van der Waals surface area contributed by atoms with Gasteiger partial charge >= 0.3 is 0 Å². The molecule has 0 amide bonds. The minimum absolute atomic E-state index is 0.755. The highest BCUT2D eigenvalue weighted by atomic mass is 32.2. The molecule has 0 radical (unpaired) electrons. The smallest absolute Gasteiger partial charge is 0.156 e. The van der Waals surface area contributed by atoms with E-state index in [0.29, 0.717) is 0 Å². The highest BCUT2D eigenvalue weighted by molar-refractivity contribution is 8.14. The summed E-state index contributed by atoms with van der Waals surface area (Å²) < 4.78 is 0. The van der Waals surface area contributed by atoms with E-state index in [1.54, 1.807) is 11.8 Å². The molecular formula is C6H13N3S. The lowest BCUT2D eigenvalue weighted by Gasteiger charge is -2.01. The number of hydrogen-bond acceptors (Lipinski definition) is 4. The third-order valence-corrected chi connectivity index (χ3v) is 2.18. The summed E-state index contributed by atoms with van der Waals surface area (Å²) in [6.45, 7) is 2.68. The quantitative estimate of drug-likeness (QED) is 0.571. The molecule has 0 aromatic rings. The Hall–Kier alpha value is -0.220. The van der Waals surface area contributed by atoms with Crippen molar-refractivity contribution >= 4 is 16.9 Å². The molecule has 0 atom stereocenters. The Bertz CT molecular complexity index is 124. The van der Waals surface area contributed by atoms with Crippen LogP contribution in [0.2, 0.25) is 0 Å². The molecule has 1 aliphatic rings. The zero-order valence-corrected chi connectivity index (χ0v) is 6.78. The van der Waals surface area contributed by atoms with Gasteiger partial charge in [0.25, 0.3) is 0 Å². The van der Waals surface area contributed by atoms with Crippen LogP contribution in [0.25, 0.3) is 0 Å². The molecule has 0 saturated heterocycles. The molecule has 3 nitrogen and oxygen atoms in total. The van der Waals surface area contributed by atoms with E-state index in [1.165, 1.54) is 0 Å². The first-order valence-corrected chi connectivity index (χ1v) is 4.53. The third-order valence-electron chi connectivity index (χ3n) is 1.24. The van der Waals surface area contributed by atoms with Crippen molar-refractivity contribution in [1.82, 2.24) is 5.32 Å². The van der Waals surface area contributed by atoms with Gasteiger partial charge in [-0.25, -0.2) is 0 Å². The Labute approximate surface area is 65.5 Å². The number of hydrogen-bond donors (Lipinski definition) is 2. The van der Waals surface area contributed by atoms with Gasteiger partial charge < -0.3 is 11.1 Å². The van der Waals surface area contributed by atoms with Gasteiger partial charge in [0, 0.05) is 12.3 Å². The van der Waals surface area contributed by atoms with E-state index >= 15 is 0 Å². The third kappa shape index (κ3) is 2.58. The van der Waals surface area contributed by atoms with Gasteiger partial charge in [0.15, 0.2) is 5.17 Å². The van der Waals surface area contributed by atoms with E-state index < -0.39 is 0 Å². The maximum atomic E-state index is 5.33. The summed E-state index contributed by atoms with van der Waals surface area (Å²) in [5.74, 6) is 1.13. The maximum Gasteiger partial charge on any atom is 0.156 e. The van der Waals surface area contributed by atoms with Crippen LogP contribution in [0.15, 0.2) is 4.99 Å². The molecular weight excluding hydrogens is 146 g/mol. The van der Waals surface area contributed by atoms with Gasteiger partial charge in [0.05, 0.1) is 6.54 Å². The number of nitrogens with one attached hydrogen (secondary N) is 1. The summed E-state index contributed by atoms with van der Waals surface area (Å²) in [5.41, 5.74) is 5.33. The molecule has 0 fully saturated rings. The minimum atomic E-state index is 0.755. The van der Waals surface area contributed by atoms with E-state index in [0.717, 1.165) is 37.0 Å². The summed E-state index contributed by atoms with van der Waals surface area (Å²) in [5, 5.41) is 4.31. The van der Waals surface area contributed by atoms with E-state index in [1.807, 2.05) is 0 Å². The molecule has 4 heteroatoms. The molecule has 0 unspecified atom stereocenters. The standard InChI is InChI=1S/C6H13N3S/c7-2-1-3-8-6-9-4-5-10-6/h1-5,7H2,(H,8,9). The Kier molecular flexibility index (Phi) is 3.60. The fourth-order valence-corrected chi connectivity index (χ4v) is 1.50. The average molecular weight is 159 g/mol. The van der Waals surface area contributed by atoms with Gasteiger partial charge in [-0.3, -0.25) is 4.99 Å². The van der Waals surface area contributed by atoms with Crippen molar-refractivity contribution in [2.24, 2.45) is 10.7 Å². The summed E-state index contributed by atoms with van der Waals surface area (Å²) >= 11 is 1.79. The zero-order chi connectivity index (χ0) is 7.23. The topological polar surface area (TPSA) is 50.4 Å². The average Bonchev–Trinajstić information content (AvgIpc) is 2.41. The molecule has 0 saturated carbocycles. The zero-order valence-electron chi connectivity index (χ0n) is 5.97. The number of aliphatic imine (C=N–C) groups is 1. The Morgan fingerprint density at radius 1 is 1.70 bits per heavy atom. The van der Waals surface area contributed by atoms with Crippen molar-refractivity contribution in [3.05, 3.63) is 0 Å². The van der Waals surface area contributed by atoms with Crippen molar-refractivity contribution in [3.63, 3.8) is 0 Å². The van der Waals surface area contributed by atoms with Gasteiger partial charge in [-0.15, -0.1) is 0 Å². The maximum absolute atomic E-state index is 5.33. The fraction of sp³-hybridized carbons (Fsp3) is 0.833. The summed E-state index contributed by atoms with van der Waals surface area (Å²) in [6, 6.07) is 0. The Balaban J connectivity index is 2.01. The summed E-state index contributed by atoms with van der Waals surface area (Å²) in [6.07, 6.45) is 1.03. The van der Waals surface area contributed by atoms with Crippen molar-refractivity contribution < 1.29 is 0 Å². The largest absolute Gasteiger partial charge is 0.365 e. The van der Waals surface area contributed by atoms with Crippen molar-refractivity contribution in [2.45, 2.75) is 6.42 Å². The van der Waals surface area contributed by atoms with Crippen LogP contribution in [0, 0.1) is 0 Å². The second-order valence-corrected chi connectivity index (χ2v) is 3.19. The van der Waals surface area contributed by atoms with Gasteiger partial charge in [0.2, 0.25) is 0 Å². The monoisotopic (exact) mass is 159 g/mol. The summed E-state index contributed by atoms with van der Waals surface area (Å²) in [4.78, 5) is 4.24. The predicted molar refractivity (Wildman–Crippen MR) is 46.4 cm³/mol. The highest BCUT2D eigenvalue weighted by Gasteiger charge is 2.03. The number of thioether (sulfide) groups is 1. The fourth-order valence-electron chi connectivity index (χ4n) is 0.739. The molecule has 0 bridgehead atoms. The van der Waals surface area contributed by atoms with E-state index in [2.05, 4.69) is 10.3 Å². The normalized spacial score (nSPS) is 17.1. The summed E-state index contributed by atoms with van der Waals surface area (Å²) in [7, 11) is 0. The van der Waals surface area contributed by atoms with E-state index in [-0.39, 0.29) is 0 Å². The Morgan fingerprint density at radius 2 is 2.60 bits per heavy atom. The van der Waals surface area contributed by atoms with Crippen LogP contribution in [-0.2, 0) is 0 Å². The van der Waals surface area contributed by atoms with Gasteiger partial charge in [-0.05, 0) is 13.0 Å². The second-order valence-electron chi connectivity index (χ2n) is 2.10. The first-order valence-electron chi connectivity index (χ1n) is 3.54. The van der Waals surface area contributed by atoms with Gasteiger partial charge in [0.1, 0.15) is 0 Å². The Morgan fingerprint density at radius 3 is 3.20 bits per heavy atom. The van der Waals surface area contributed by atoms with E-state index in [9.17, 15) is 0 Å². The molecule has 58 valence electrons. The number of nitrogens with two attached hydrogens (primary N) is 1. The van der Waals surface area contributed by atoms with Crippen LogP contribution in [0.3, 0.4) is 0 Å². The number of nitrogens with zero attached hydrogens (tertiary/aromatic N) is 1. The SMILES string of the molecule is NCCCNC1=NCCS1. The molecule has 3 N–H and O–H groups in total. The van der Waals surface area contributed by atoms with Crippen LogP contribution in [0.1, 0.15) is 6.42 Å². The second kappa shape index (κ2) is 4.57. The molecule has 1 rings (SSSR count). The molecule has 1 aliphatic heterocycles. The first kappa shape index (κ1) is 7.88. The predicted octanol–water partition coefficient (Wildman–Crippen LogP) is 0.0276. The van der Waals surface area contributed by atoms with Crippen LogP contribution in [0.4, 0.5) is 0 Å². The van der Waals surface area contributed by atoms with Crippen molar-refractivity contribution in [1.29, 1.82) is 0 Å². The molecule has 10 heavy (non-hydrogen) atoms. The van der Waals surface area contributed by atoms with E-state index in [4.69, 9.17) is 5.73 Å². The lowest BCUT2D eigenvalue weighted by molar-refractivity contribution is 0.788. The van der Waals surface area contributed by atoms with Crippen LogP contribution in [0.5, 0.6) is 0 Å². The lowest BCUT2D eigenvalue weighted by Crippen LogP contribution is -2.22. The first-order chi connectivity index (χ1) is 4.93. The molecule has 0 aliphatic carbocycles. The highest BCUT2D eigenvalue weighted by Crippen LogP contribution is 2.08. The van der Waals surface area contributed by atoms with Crippen molar-refractivity contribution in [3.8, 4) is 0 Å². The van der Waals surface area contributed by atoms with Crippen molar-refractivity contribution in [2.75, 3.05) is 25.4 Å². The minimum Gasteiger partial charge on any atom is -0.365 e. The molecule has 0 aromatic heterocycles. The lowest BCUT2D eigenvalue weighted by atomic mass is 10.4. The van der Waals surface area contributed by atoms with Gasteiger partial charge in [-0.1, -0.05) is 11.8 Å². The number of amidine groups is 1. The van der Waals surface area contributed by atoms with Gasteiger partial charge in [-0.2, -0.15) is 0 Å². The molecule has 1 heterocycles. The van der Waals surface area contributed by atoms with Crippen LogP contribution >= 0.6 is 11.8 Å². The van der Waals surface area contributed by atoms with Crippen LogP contribution < -0.4 is 11.1 Å².